The van der Waals surface area contributed by atoms with Crippen LogP contribution >= 0.6 is 11.6 Å². The van der Waals surface area contributed by atoms with Crippen LogP contribution in [0.15, 0.2) is 40.9 Å². The number of alkyl halides is 1. The SMILES string of the molecule is CC(C)CCOc1ccc2ccccc2c1-c1noc(CCl)n1. The van der Waals surface area contributed by atoms with E-state index in [0.29, 0.717) is 24.2 Å². The highest BCUT2D eigenvalue weighted by Gasteiger charge is 2.17. The van der Waals surface area contributed by atoms with Crippen molar-refractivity contribution in [1.29, 1.82) is 0 Å². The standard InChI is InChI=1S/C18H19ClN2O2/c1-12(2)9-10-22-15-8-7-13-5-3-4-6-14(13)17(15)18-20-16(11-19)23-21-18/h3-8,12H,9-11H2,1-2H3. The summed E-state index contributed by atoms with van der Waals surface area (Å²) < 4.78 is 11.2. The van der Waals surface area contributed by atoms with E-state index >= 15 is 0 Å². The van der Waals surface area contributed by atoms with Gasteiger partial charge < -0.3 is 9.26 Å². The van der Waals surface area contributed by atoms with Crippen LogP contribution in [0.25, 0.3) is 22.2 Å². The molecule has 0 bridgehead atoms. The largest absolute Gasteiger partial charge is 0.493 e. The van der Waals surface area contributed by atoms with Gasteiger partial charge in [-0.15, -0.1) is 11.6 Å². The summed E-state index contributed by atoms with van der Waals surface area (Å²) in [5.41, 5.74) is 0.854. The quantitative estimate of drug-likeness (QED) is 0.593. The molecule has 0 aliphatic rings. The van der Waals surface area contributed by atoms with E-state index in [0.717, 1.165) is 28.5 Å². The Morgan fingerprint density at radius 1 is 1.17 bits per heavy atom. The van der Waals surface area contributed by atoms with Crippen LogP contribution < -0.4 is 4.74 Å². The van der Waals surface area contributed by atoms with E-state index in [2.05, 4.69) is 30.1 Å². The lowest BCUT2D eigenvalue weighted by Crippen LogP contribution is -2.03. The van der Waals surface area contributed by atoms with E-state index in [-0.39, 0.29) is 5.88 Å². The molecule has 0 saturated carbocycles. The normalized spacial score (nSPS) is 11.3. The first kappa shape index (κ1) is 15.8. The topological polar surface area (TPSA) is 48.2 Å². The molecule has 0 aliphatic heterocycles. The highest BCUT2D eigenvalue weighted by Crippen LogP contribution is 2.35. The van der Waals surface area contributed by atoms with E-state index in [1.807, 2.05) is 30.3 Å². The lowest BCUT2D eigenvalue weighted by molar-refractivity contribution is 0.290. The molecule has 0 spiro atoms. The number of ether oxygens (including phenoxy) is 1. The number of nitrogens with zero attached hydrogens (tertiary/aromatic N) is 2. The molecular weight excluding hydrogens is 312 g/mol. The van der Waals surface area contributed by atoms with Crippen LogP contribution in [0.1, 0.15) is 26.2 Å². The average molecular weight is 331 g/mol. The number of halogens is 1. The maximum absolute atomic E-state index is 6.00. The van der Waals surface area contributed by atoms with Gasteiger partial charge in [-0.25, -0.2) is 0 Å². The van der Waals surface area contributed by atoms with Crippen molar-refractivity contribution < 1.29 is 9.26 Å². The first-order valence-electron chi connectivity index (χ1n) is 7.72. The molecule has 1 aromatic heterocycles. The summed E-state index contributed by atoms with van der Waals surface area (Å²) in [7, 11) is 0. The van der Waals surface area contributed by atoms with Crippen LogP contribution in [-0.4, -0.2) is 16.7 Å². The second-order valence-electron chi connectivity index (χ2n) is 5.84. The summed E-state index contributed by atoms with van der Waals surface area (Å²) in [6.07, 6.45) is 0.992. The third-order valence-corrected chi connectivity index (χ3v) is 3.88. The van der Waals surface area contributed by atoms with Crippen molar-refractivity contribution in [3.63, 3.8) is 0 Å². The van der Waals surface area contributed by atoms with Crippen molar-refractivity contribution in [1.82, 2.24) is 10.1 Å². The van der Waals surface area contributed by atoms with Crippen molar-refractivity contribution in [2.45, 2.75) is 26.1 Å². The maximum atomic E-state index is 6.00. The Kier molecular flexibility index (Phi) is 4.82. The molecule has 0 amide bonds. The van der Waals surface area contributed by atoms with Gasteiger partial charge in [0, 0.05) is 0 Å². The zero-order valence-electron chi connectivity index (χ0n) is 13.3. The fourth-order valence-electron chi connectivity index (χ4n) is 2.42. The predicted octanol–water partition coefficient (Wildman–Crippen LogP) is 5.05. The van der Waals surface area contributed by atoms with E-state index in [9.17, 15) is 0 Å². The molecule has 0 saturated heterocycles. The molecule has 4 nitrogen and oxygen atoms in total. The van der Waals surface area contributed by atoms with Gasteiger partial charge in [0.05, 0.1) is 12.2 Å². The van der Waals surface area contributed by atoms with E-state index in [4.69, 9.17) is 20.9 Å². The first-order valence-corrected chi connectivity index (χ1v) is 8.26. The maximum Gasteiger partial charge on any atom is 0.241 e. The molecule has 23 heavy (non-hydrogen) atoms. The van der Waals surface area contributed by atoms with Crippen LogP contribution in [0.4, 0.5) is 0 Å². The lowest BCUT2D eigenvalue weighted by atomic mass is 10.0. The number of hydrogen-bond acceptors (Lipinski definition) is 4. The molecule has 0 unspecified atom stereocenters. The van der Waals surface area contributed by atoms with Gasteiger partial charge in [0.25, 0.3) is 0 Å². The Morgan fingerprint density at radius 3 is 2.74 bits per heavy atom. The molecule has 0 fully saturated rings. The minimum atomic E-state index is 0.196. The highest BCUT2D eigenvalue weighted by atomic mass is 35.5. The summed E-state index contributed by atoms with van der Waals surface area (Å²) in [5, 5.41) is 6.21. The van der Waals surface area contributed by atoms with Crippen molar-refractivity contribution in [2.24, 2.45) is 5.92 Å². The van der Waals surface area contributed by atoms with Crippen LogP contribution in [0, 0.1) is 5.92 Å². The summed E-state index contributed by atoms with van der Waals surface area (Å²) >= 11 is 5.78. The molecule has 3 rings (SSSR count). The minimum absolute atomic E-state index is 0.196. The van der Waals surface area contributed by atoms with Crippen molar-refractivity contribution in [2.75, 3.05) is 6.61 Å². The highest BCUT2D eigenvalue weighted by molar-refractivity contribution is 6.16. The second-order valence-corrected chi connectivity index (χ2v) is 6.10. The Morgan fingerprint density at radius 2 is 2.00 bits per heavy atom. The van der Waals surface area contributed by atoms with E-state index in [1.54, 1.807) is 0 Å². The molecule has 0 radical (unpaired) electrons. The summed E-state index contributed by atoms with van der Waals surface area (Å²) in [6, 6.07) is 12.1. The van der Waals surface area contributed by atoms with E-state index < -0.39 is 0 Å². The van der Waals surface area contributed by atoms with Gasteiger partial charge in [0.15, 0.2) is 0 Å². The Balaban J connectivity index is 2.06. The summed E-state index contributed by atoms with van der Waals surface area (Å²) in [5.74, 6) is 2.47. The van der Waals surface area contributed by atoms with Crippen molar-refractivity contribution in [3.8, 4) is 17.1 Å². The molecule has 120 valence electrons. The molecule has 0 atom stereocenters. The predicted molar refractivity (Wildman–Crippen MR) is 91.7 cm³/mol. The van der Waals surface area contributed by atoms with E-state index in [1.165, 1.54) is 0 Å². The number of fused-ring (bicyclic) bond motifs is 1. The summed E-state index contributed by atoms with van der Waals surface area (Å²) in [4.78, 5) is 4.36. The minimum Gasteiger partial charge on any atom is -0.493 e. The average Bonchev–Trinajstić information content (AvgIpc) is 3.03. The monoisotopic (exact) mass is 330 g/mol. The third kappa shape index (κ3) is 3.48. The van der Waals surface area contributed by atoms with Gasteiger partial charge in [-0.2, -0.15) is 4.98 Å². The van der Waals surface area contributed by atoms with Crippen LogP contribution in [0.2, 0.25) is 0 Å². The molecular formula is C18H19ClN2O2. The molecule has 5 heteroatoms. The molecule has 0 N–H and O–H groups in total. The number of rotatable bonds is 6. The van der Waals surface area contributed by atoms with Crippen LogP contribution in [-0.2, 0) is 5.88 Å². The Labute approximate surface area is 140 Å². The lowest BCUT2D eigenvalue weighted by Gasteiger charge is -2.13. The van der Waals surface area contributed by atoms with Gasteiger partial charge in [-0.3, -0.25) is 0 Å². The van der Waals surface area contributed by atoms with Crippen molar-refractivity contribution in [3.05, 3.63) is 42.3 Å². The second kappa shape index (κ2) is 7.01. The zero-order valence-corrected chi connectivity index (χ0v) is 14.0. The van der Waals surface area contributed by atoms with Gasteiger partial charge in [-0.1, -0.05) is 49.3 Å². The summed E-state index contributed by atoms with van der Waals surface area (Å²) in [6.45, 7) is 5.01. The zero-order chi connectivity index (χ0) is 16.2. The third-order valence-electron chi connectivity index (χ3n) is 3.65. The number of hydrogen-bond donors (Lipinski definition) is 0. The molecule has 1 heterocycles. The van der Waals surface area contributed by atoms with Gasteiger partial charge >= 0.3 is 0 Å². The fourth-order valence-corrected chi connectivity index (χ4v) is 2.53. The fraction of sp³-hybridized carbons (Fsp3) is 0.333. The van der Waals surface area contributed by atoms with Gasteiger partial charge in [0.2, 0.25) is 11.7 Å². The van der Waals surface area contributed by atoms with Gasteiger partial charge in [-0.05, 0) is 29.2 Å². The smallest absolute Gasteiger partial charge is 0.241 e. The molecule has 3 aromatic rings. The van der Waals surface area contributed by atoms with Crippen LogP contribution in [0.5, 0.6) is 5.75 Å². The number of aromatic nitrogens is 2. The molecule has 0 aliphatic carbocycles. The Bertz CT molecular complexity index is 799. The van der Waals surface area contributed by atoms with Crippen molar-refractivity contribution >= 4 is 22.4 Å². The first-order chi connectivity index (χ1) is 11.2. The number of benzene rings is 2. The van der Waals surface area contributed by atoms with Crippen LogP contribution in [0.3, 0.4) is 0 Å². The Hall–Kier alpha value is -2.07. The van der Waals surface area contributed by atoms with Gasteiger partial charge in [0.1, 0.15) is 11.6 Å². The molecule has 2 aromatic carbocycles.